The van der Waals surface area contributed by atoms with Crippen LogP contribution in [0.5, 0.6) is 0 Å². The summed E-state index contributed by atoms with van der Waals surface area (Å²) in [4.78, 5) is 15.6. The molecule has 0 unspecified atom stereocenters. The molecule has 1 aromatic carbocycles. The quantitative estimate of drug-likeness (QED) is 0.844. The standard InChI is InChI=1S/C15H21ClN2OS.ClH/c1-17-10-11-5-7-18(8-6-11)15(19)13-9-12(20-2)3-4-14(13)16;/h3-4,9,11,17H,5-8,10H2,1-2H3;1H. The van der Waals surface area contributed by atoms with E-state index < -0.39 is 0 Å². The highest BCUT2D eigenvalue weighted by molar-refractivity contribution is 7.98. The molecule has 1 amide bonds. The summed E-state index contributed by atoms with van der Waals surface area (Å²) in [6.45, 7) is 2.68. The van der Waals surface area contributed by atoms with Gasteiger partial charge in [0.1, 0.15) is 0 Å². The number of nitrogens with one attached hydrogen (secondary N) is 1. The summed E-state index contributed by atoms with van der Waals surface area (Å²) in [6.07, 6.45) is 4.12. The number of rotatable bonds is 4. The second-order valence-corrected chi connectivity index (χ2v) is 6.43. The zero-order valence-corrected chi connectivity index (χ0v) is 14.8. The van der Waals surface area contributed by atoms with Gasteiger partial charge in [0.15, 0.2) is 0 Å². The van der Waals surface area contributed by atoms with Crippen LogP contribution in [0.4, 0.5) is 0 Å². The third kappa shape index (κ3) is 4.78. The van der Waals surface area contributed by atoms with Gasteiger partial charge in [0.25, 0.3) is 5.91 Å². The molecule has 1 aromatic rings. The first-order valence-electron chi connectivity index (χ1n) is 6.93. The Balaban J connectivity index is 0.00000220. The molecule has 3 nitrogen and oxygen atoms in total. The monoisotopic (exact) mass is 348 g/mol. The van der Waals surface area contributed by atoms with Crippen molar-refractivity contribution in [2.45, 2.75) is 17.7 Å². The van der Waals surface area contributed by atoms with Gasteiger partial charge in [0, 0.05) is 18.0 Å². The minimum absolute atomic E-state index is 0. The molecule has 1 N–H and O–H groups in total. The summed E-state index contributed by atoms with van der Waals surface area (Å²) in [7, 11) is 1.98. The molecule has 0 atom stereocenters. The third-order valence-electron chi connectivity index (χ3n) is 3.80. The van der Waals surface area contributed by atoms with Gasteiger partial charge >= 0.3 is 0 Å². The first-order valence-corrected chi connectivity index (χ1v) is 8.53. The lowest BCUT2D eigenvalue weighted by Gasteiger charge is -2.32. The molecular weight excluding hydrogens is 327 g/mol. The molecule has 1 fully saturated rings. The molecule has 1 aliphatic rings. The number of hydrogen-bond acceptors (Lipinski definition) is 3. The molecule has 0 bridgehead atoms. The van der Waals surface area contributed by atoms with Crippen molar-refractivity contribution in [3.8, 4) is 0 Å². The number of benzene rings is 1. The van der Waals surface area contributed by atoms with E-state index >= 15 is 0 Å². The zero-order valence-electron chi connectivity index (χ0n) is 12.4. The molecule has 1 aliphatic heterocycles. The number of nitrogens with zero attached hydrogens (tertiary/aromatic N) is 1. The number of amides is 1. The summed E-state index contributed by atoms with van der Waals surface area (Å²) in [6, 6.07) is 5.66. The number of carbonyl (C=O) groups is 1. The lowest BCUT2D eigenvalue weighted by Crippen LogP contribution is -2.40. The number of hydrogen-bond donors (Lipinski definition) is 1. The van der Waals surface area contributed by atoms with E-state index in [9.17, 15) is 4.79 Å². The predicted molar refractivity (Wildman–Crippen MR) is 93.0 cm³/mol. The van der Waals surface area contributed by atoms with Crippen molar-refractivity contribution in [3.63, 3.8) is 0 Å². The minimum Gasteiger partial charge on any atom is -0.339 e. The highest BCUT2D eigenvalue weighted by atomic mass is 35.5. The molecule has 1 heterocycles. The molecule has 0 saturated carbocycles. The van der Waals surface area contributed by atoms with E-state index in [0.717, 1.165) is 37.4 Å². The number of carbonyl (C=O) groups excluding carboxylic acids is 1. The van der Waals surface area contributed by atoms with Crippen molar-refractivity contribution >= 4 is 41.7 Å². The molecule has 2 rings (SSSR count). The van der Waals surface area contributed by atoms with E-state index in [1.54, 1.807) is 11.8 Å². The maximum Gasteiger partial charge on any atom is 0.255 e. The Labute approximate surface area is 142 Å². The van der Waals surface area contributed by atoms with Crippen LogP contribution in [0.1, 0.15) is 23.2 Å². The Morgan fingerprint density at radius 1 is 1.43 bits per heavy atom. The van der Waals surface area contributed by atoms with Crippen LogP contribution < -0.4 is 5.32 Å². The Kier molecular flexibility index (Phi) is 7.88. The second-order valence-electron chi connectivity index (χ2n) is 5.14. The first kappa shape index (κ1) is 18.6. The fourth-order valence-electron chi connectivity index (χ4n) is 2.59. The van der Waals surface area contributed by atoms with Crippen molar-refractivity contribution in [2.24, 2.45) is 5.92 Å². The largest absolute Gasteiger partial charge is 0.339 e. The molecule has 21 heavy (non-hydrogen) atoms. The molecule has 0 aliphatic carbocycles. The fourth-order valence-corrected chi connectivity index (χ4v) is 3.23. The normalized spacial score (nSPS) is 15.7. The Morgan fingerprint density at radius 3 is 2.67 bits per heavy atom. The van der Waals surface area contributed by atoms with Crippen molar-refractivity contribution in [2.75, 3.05) is 32.9 Å². The van der Waals surface area contributed by atoms with Crippen LogP contribution in [0.3, 0.4) is 0 Å². The number of thioether (sulfide) groups is 1. The Morgan fingerprint density at radius 2 is 2.10 bits per heavy atom. The SMILES string of the molecule is CNCC1CCN(C(=O)c2cc(SC)ccc2Cl)CC1.Cl. The van der Waals surface area contributed by atoms with Gasteiger partial charge in [-0.1, -0.05) is 11.6 Å². The summed E-state index contributed by atoms with van der Waals surface area (Å²) >= 11 is 7.80. The van der Waals surface area contributed by atoms with Crippen LogP contribution in [-0.2, 0) is 0 Å². The number of likely N-dealkylation sites (tertiary alicyclic amines) is 1. The van der Waals surface area contributed by atoms with Gasteiger partial charge in [0.2, 0.25) is 0 Å². The van der Waals surface area contributed by atoms with E-state index in [1.807, 2.05) is 36.4 Å². The van der Waals surface area contributed by atoms with Gasteiger partial charge in [0.05, 0.1) is 10.6 Å². The third-order valence-corrected chi connectivity index (χ3v) is 4.85. The van der Waals surface area contributed by atoms with Crippen molar-refractivity contribution < 1.29 is 4.79 Å². The maximum atomic E-state index is 12.6. The highest BCUT2D eigenvalue weighted by Crippen LogP contribution is 2.26. The maximum absolute atomic E-state index is 12.6. The van der Waals surface area contributed by atoms with Crippen molar-refractivity contribution in [1.29, 1.82) is 0 Å². The topological polar surface area (TPSA) is 32.3 Å². The average molecular weight is 349 g/mol. The van der Waals surface area contributed by atoms with Crippen LogP contribution in [-0.4, -0.2) is 43.7 Å². The van der Waals surface area contributed by atoms with Crippen LogP contribution in [0.25, 0.3) is 0 Å². The number of piperidine rings is 1. The number of halogens is 2. The lowest BCUT2D eigenvalue weighted by molar-refractivity contribution is 0.0691. The van der Waals surface area contributed by atoms with Crippen LogP contribution in [0.15, 0.2) is 23.1 Å². The van der Waals surface area contributed by atoms with E-state index in [-0.39, 0.29) is 18.3 Å². The summed E-state index contributed by atoms with van der Waals surface area (Å²) in [5.41, 5.74) is 0.630. The second kappa shape index (κ2) is 8.89. The van der Waals surface area contributed by atoms with Crippen LogP contribution >= 0.6 is 35.8 Å². The summed E-state index contributed by atoms with van der Waals surface area (Å²) < 4.78 is 0. The van der Waals surface area contributed by atoms with E-state index in [2.05, 4.69) is 5.32 Å². The minimum atomic E-state index is 0. The van der Waals surface area contributed by atoms with E-state index in [4.69, 9.17) is 11.6 Å². The van der Waals surface area contributed by atoms with E-state index in [1.165, 1.54) is 0 Å². The van der Waals surface area contributed by atoms with Crippen LogP contribution in [0.2, 0.25) is 5.02 Å². The predicted octanol–water partition coefficient (Wildman–Crippen LogP) is 3.56. The van der Waals surface area contributed by atoms with Gasteiger partial charge in [-0.15, -0.1) is 24.2 Å². The van der Waals surface area contributed by atoms with Gasteiger partial charge in [-0.25, -0.2) is 0 Å². The average Bonchev–Trinajstić information content (AvgIpc) is 2.48. The fraction of sp³-hybridized carbons (Fsp3) is 0.533. The molecule has 0 aromatic heterocycles. The van der Waals surface area contributed by atoms with Crippen molar-refractivity contribution in [3.05, 3.63) is 28.8 Å². The first-order chi connectivity index (χ1) is 9.65. The van der Waals surface area contributed by atoms with Gasteiger partial charge in [-0.05, 0) is 56.8 Å². The van der Waals surface area contributed by atoms with Gasteiger partial charge in [-0.2, -0.15) is 0 Å². The summed E-state index contributed by atoms with van der Waals surface area (Å²) in [5, 5.41) is 3.76. The molecule has 118 valence electrons. The molecule has 1 saturated heterocycles. The van der Waals surface area contributed by atoms with E-state index in [0.29, 0.717) is 16.5 Å². The van der Waals surface area contributed by atoms with Crippen molar-refractivity contribution in [1.82, 2.24) is 10.2 Å². The van der Waals surface area contributed by atoms with Gasteiger partial charge in [-0.3, -0.25) is 4.79 Å². The Bertz CT molecular complexity index is 477. The van der Waals surface area contributed by atoms with Crippen LogP contribution in [0, 0.1) is 5.92 Å². The smallest absolute Gasteiger partial charge is 0.255 e. The van der Waals surface area contributed by atoms with Gasteiger partial charge < -0.3 is 10.2 Å². The highest BCUT2D eigenvalue weighted by Gasteiger charge is 2.24. The molecule has 0 radical (unpaired) electrons. The summed E-state index contributed by atoms with van der Waals surface area (Å²) in [5.74, 6) is 0.742. The molecule has 6 heteroatoms. The molecule has 0 spiro atoms. The lowest BCUT2D eigenvalue weighted by atomic mass is 9.96. The Hall–Kier alpha value is -0.420. The molecular formula is C15H22Cl2N2OS. The zero-order chi connectivity index (χ0) is 14.5.